The highest BCUT2D eigenvalue weighted by molar-refractivity contribution is 5.73. The minimum Gasteiger partial charge on any atom is -0.497 e. The minimum absolute atomic E-state index is 0.197. The van der Waals surface area contributed by atoms with Crippen molar-refractivity contribution in [1.82, 2.24) is 20.4 Å². The van der Waals surface area contributed by atoms with Gasteiger partial charge in [-0.15, -0.1) is 0 Å². The molecule has 0 aliphatic rings. The normalized spacial score (nSPS) is 11.7. The molecule has 3 rings (SSSR count). The maximum Gasteiger partial charge on any atom is 0.315 e. The van der Waals surface area contributed by atoms with Crippen LogP contribution in [0, 0.1) is 0 Å². The summed E-state index contributed by atoms with van der Waals surface area (Å²) in [6.45, 7) is 0.798. The molecule has 2 N–H and O–H groups in total. The van der Waals surface area contributed by atoms with Gasteiger partial charge >= 0.3 is 6.03 Å². The van der Waals surface area contributed by atoms with Crippen molar-refractivity contribution >= 4 is 6.03 Å². The van der Waals surface area contributed by atoms with Gasteiger partial charge in [-0.25, -0.2) is 4.79 Å². The van der Waals surface area contributed by atoms with E-state index in [9.17, 15) is 4.79 Å². The van der Waals surface area contributed by atoms with Crippen LogP contribution in [0.4, 0.5) is 4.79 Å². The molecule has 0 saturated heterocycles. The van der Waals surface area contributed by atoms with E-state index in [-0.39, 0.29) is 12.1 Å². The van der Waals surface area contributed by atoms with Crippen LogP contribution < -0.4 is 15.4 Å². The van der Waals surface area contributed by atoms with Crippen LogP contribution in [-0.2, 0) is 6.54 Å². The molecule has 0 aliphatic carbocycles. The van der Waals surface area contributed by atoms with Crippen LogP contribution in [0.2, 0.25) is 0 Å². The van der Waals surface area contributed by atoms with Crippen LogP contribution in [0.15, 0.2) is 65.5 Å². The number of rotatable bonds is 7. The number of benzene rings is 1. The average Bonchev–Trinajstić information content (AvgIpc) is 3.35. The molecule has 130 valence electrons. The zero-order valence-electron chi connectivity index (χ0n) is 13.9. The average molecular weight is 340 g/mol. The lowest BCUT2D eigenvalue weighted by Crippen LogP contribution is -2.38. The number of furan rings is 1. The first-order valence-electron chi connectivity index (χ1n) is 7.93. The summed E-state index contributed by atoms with van der Waals surface area (Å²) in [7, 11) is 1.62. The van der Waals surface area contributed by atoms with E-state index in [0.29, 0.717) is 13.1 Å². The number of carbonyl (C=O) groups excluding carboxylic acids is 1. The van der Waals surface area contributed by atoms with Gasteiger partial charge in [0.2, 0.25) is 0 Å². The summed E-state index contributed by atoms with van der Waals surface area (Å²) in [6, 6.07) is 12.6. The quantitative estimate of drug-likeness (QED) is 0.693. The molecular weight excluding hydrogens is 320 g/mol. The lowest BCUT2D eigenvalue weighted by Gasteiger charge is -2.16. The van der Waals surface area contributed by atoms with Gasteiger partial charge in [0, 0.05) is 25.5 Å². The summed E-state index contributed by atoms with van der Waals surface area (Å²) in [5.74, 6) is 1.52. The molecular formula is C18H20N4O3. The van der Waals surface area contributed by atoms with Gasteiger partial charge in [0.15, 0.2) is 0 Å². The molecule has 0 aliphatic heterocycles. The van der Waals surface area contributed by atoms with Gasteiger partial charge in [-0.05, 0) is 35.9 Å². The number of amides is 2. The van der Waals surface area contributed by atoms with Gasteiger partial charge in [0.05, 0.1) is 13.4 Å². The molecule has 0 radical (unpaired) electrons. The van der Waals surface area contributed by atoms with E-state index in [4.69, 9.17) is 9.15 Å². The molecule has 2 heterocycles. The van der Waals surface area contributed by atoms with Crippen molar-refractivity contribution in [3.63, 3.8) is 0 Å². The van der Waals surface area contributed by atoms with E-state index in [0.717, 1.165) is 17.1 Å². The molecule has 7 heteroatoms. The molecule has 0 spiro atoms. The number of hydrogen-bond donors (Lipinski definition) is 2. The monoisotopic (exact) mass is 340 g/mol. The van der Waals surface area contributed by atoms with Crippen molar-refractivity contribution in [3.05, 3.63) is 72.4 Å². The Bertz CT molecular complexity index is 733. The van der Waals surface area contributed by atoms with Crippen LogP contribution in [0.25, 0.3) is 0 Å². The fourth-order valence-corrected chi connectivity index (χ4v) is 2.45. The van der Waals surface area contributed by atoms with Crippen molar-refractivity contribution in [2.75, 3.05) is 13.7 Å². The molecule has 1 aromatic carbocycles. The van der Waals surface area contributed by atoms with Crippen molar-refractivity contribution in [2.24, 2.45) is 0 Å². The topological polar surface area (TPSA) is 81.3 Å². The summed E-state index contributed by atoms with van der Waals surface area (Å²) in [6.07, 6.45) is 5.14. The van der Waals surface area contributed by atoms with Crippen LogP contribution in [0.3, 0.4) is 0 Å². The predicted molar refractivity (Wildman–Crippen MR) is 92.3 cm³/mol. The summed E-state index contributed by atoms with van der Waals surface area (Å²) >= 11 is 0. The highest BCUT2D eigenvalue weighted by atomic mass is 16.5. The highest BCUT2D eigenvalue weighted by Gasteiger charge is 2.17. The number of carbonyl (C=O) groups is 1. The van der Waals surface area contributed by atoms with E-state index < -0.39 is 0 Å². The number of aromatic nitrogens is 2. The fraction of sp³-hybridized carbons (Fsp3) is 0.222. The molecule has 7 nitrogen and oxygen atoms in total. The summed E-state index contributed by atoms with van der Waals surface area (Å²) in [5.41, 5.74) is 0.991. The Morgan fingerprint density at radius 3 is 2.72 bits per heavy atom. The molecule has 3 aromatic rings. The second-order valence-corrected chi connectivity index (χ2v) is 5.43. The van der Waals surface area contributed by atoms with Crippen molar-refractivity contribution < 1.29 is 13.9 Å². The Balaban J connectivity index is 1.53. The molecule has 0 bridgehead atoms. The third-order valence-electron chi connectivity index (χ3n) is 3.78. The summed E-state index contributed by atoms with van der Waals surface area (Å²) < 4.78 is 12.3. The lowest BCUT2D eigenvalue weighted by atomic mass is 10.2. The van der Waals surface area contributed by atoms with E-state index in [2.05, 4.69) is 15.7 Å². The zero-order chi connectivity index (χ0) is 17.5. The largest absolute Gasteiger partial charge is 0.497 e. The Morgan fingerprint density at radius 2 is 2.08 bits per heavy atom. The Kier molecular flexibility index (Phi) is 5.36. The number of hydrogen-bond acceptors (Lipinski definition) is 4. The van der Waals surface area contributed by atoms with E-state index in [1.54, 1.807) is 24.3 Å². The van der Waals surface area contributed by atoms with Gasteiger partial charge in [0.1, 0.15) is 17.6 Å². The fourth-order valence-electron chi connectivity index (χ4n) is 2.45. The molecule has 0 unspecified atom stereocenters. The number of nitrogens with one attached hydrogen (secondary N) is 2. The van der Waals surface area contributed by atoms with Gasteiger partial charge in [-0.3, -0.25) is 4.68 Å². The van der Waals surface area contributed by atoms with Crippen LogP contribution in [0.5, 0.6) is 5.75 Å². The molecule has 0 fully saturated rings. The Hall–Kier alpha value is -3.22. The molecule has 0 saturated carbocycles. The standard InChI is InChI=1S/C18H20N4O3/c1-24-15-7-5-14(6-8-15)12-19-18(23)20-13-16(17-4-2-11-25-17)22-10-3-9-21-22/h2-11,16H,12-13H2,1H3,(H2,19,20,23)/t16-/m1/s1. The first-order chi connectivity index (χ1) is 12.3. The zero-order valence-corrected chi connectivity index (χ0v) is 13.9. The van der Waals surface area contributed by atoms with Crippen molar-refractivity contribution in [3.8, 4) is 5.75 Å². The molecule has 1 atom stereocenters. The third kappa shape index (κ3) is 4.41. The number of nitrogens with zero attached hydrogens (tertiary/aromatic N) is 2. The first-order valence-corrected chi connectivity index (χ1v) is 7.93. The van der Waals surface area contributed by atoms with Gasteiger partial charge < -0.3 is 19.8 Å². The van der Waals surface area contributed by atoms with Gasteiger partial charge in [0.25, 0.3) is 0 Å². The Labute approximate surface area is 145 Å². The van der Waals surface area contributed by atoms with Gasteiger partial charge in [-0.2, -0.15) is 5.10 Å². The maximum absolute atomic E-state index is 12.1. The van der Waals surface area contributed by atoms with Crippen LogP contribution in [0.1, 0.15) is 17.4 Å². The van der Waals surface area contributed by atoms with Crippen molar-refractivity contribution in [1.29, 1.82) is 0 Å². The first kappa shape index (κ1) is 16.6. The highest BCUT2D eigenvalue weighted by Crippen LogP contribution is 2.17. The second-order valence-electron chi connectivity index (χ2n) is 5.43. The molecule has 25 heavy (non-hydrogen) atoms. The van der Waals surface area contributed by atoms with Crippen molar-refractivity contribution in [2.45, 2.75) is 12.6 Å². The number of ether oxygens (including phenoxy) is 1. The molecule has 2 aromatic heterocycles. The number of urea groups is 1. The molecule has 2 amide bonds. The smallest absolute Gasteiger partial charge is 0.315 e. The summed E-state index contributed by atoms with van der Waals surface area (Å²) in [5, 5.41) is 9.92. The minimum atomic E-state index is -0.250. The SMILES string of the molecule is COc1ccc(CNC(=O)NC[C@H](c2ccco2)n2cccn2)cc1. The summed E-state index contributed by atoms with van der Waals surface area (Å²) in [4.78, 5) is 12.1. The van der Waals surface area contributed by atoms with Gasteiger partial charge in [-0.1, -0.05) is 12.1 Å². The number of methoxy groups -OCH3 is 1. The maximum atomic E-state index is 12.1. The van der Waals surface area contributed by atoms with Crippen LogP contribution >= 0.6 is 0 Å². The Morgan fingerprint density at radius 1 is 1.24 bits per heavy atom. The van der Waals surface area contributed by atoms with Crippen LogP contribution in [-0.4, -0.2) is 29.5 Å². The lowest BCUT2D eigenvalue weighted by molar-refractivity contribution is 0.238. The van der Waals surface area contributed by atoms with E-state index in [1.807, 2.05) is 48.7 Å². The second kappa shape index (κ2) is 8.05. The van der Waals surface area contributed by atoms with E-state index in [1.165, 1.54) is 0 Å². The predicted octanol–water partition coefficient (Wildman–Crippen LogP) is 2.57. The van der Waals surface area contributed by atoms with E-state index >= 15 is 0 Å². The third-order valence-corrected chi connectivity index (χ3v) is 3.78.